The molecule has 4 amide bonds. The highest BCUT2D eigenvalue weighted by Crippen LogP contribution is 2.31. The van der Waals surface area contributed by atoms with Crippen molar-refractivity contribution in [2.75, 3.05) is 6.54 Å². The second-order valence-electron chi connectivity index (χ2n) is 7.66. The van der Waals surface area contributed by atoms with Gasteiger partial charge < -0.3 is 15.5 Å². The molecule has 12 nitrogen and oxygen atoms in total. The van der Waals surface area contributed by atoms with Crippen LogP contribution in [0.5, 0.6) is 0 Å². The third-order valence-corrected chi connectivity index (χ3v) is 5.94. The molecule has 4 N–H and O–H groups in total. The van der Waals surface area contributed by atoms with Gasteiger partial charge in [-0.25, -0.2) is 4.79 Å². The number of hydrogen-bond acceptors (Lipinski definition) is 7. The van der Waals surface area contributed by atoms with Crippen LogP contribution >= 0.6 is 0 Å². The molecule has 3 fully saturated rings. The summed E-state index contributed by atoms with van der Waals surface area (Å²) < 4.78 is 35.1. The molecule has 2 heterocycles. The average Bonchev–Trinajstić information content (AvgIpc) is 2.85. The normalized spacial score (nSPS) is 29.5. The number of amides is 4. The first-order valence-electron chi connectivity index (χ1n) is 9.48. The number of nitrogens with one attached hydrogen (secondary N) is 3. The predicted octanol–water partition coefficient (Wildman–Crippen LogP) is -0.222. The van der Waals surface area contributed by atoms with Gasteiger partial charge in [0.2, 0.25) is 11.8 Å². The van der Waals surface area contributed by atoms with Crippen molar-refractivity contribution in [1.29, 1.82) is 5.41 Å². The minimum absolute atomic E-state index is 0.0577. The molecule has 1 saturated carbocycles. The number of carbonyl (C=O) groups excluding carboxylic acids is 3. The van der Waals surface area contributed by atoms with Crippen molar-refractivity contribution >= 4 is 34.1 Å². The SMILES string of the molecule is CC(=O)NC1CCC(C(=O)NC(=N)[C@@H]2CC[C@H]3CN2C(=O)N3OS(=O)(=O)O)CC1. The molecule has 0 radical (unpaired) electrons. The van der Waals surface area contributed by atoms with E-state index in [1.165, 1.54) is 11.8 Å². The third kappa shape index (κ3) is 5.03. The zero-order valence-electron chi connectivity index (χ0n) is 16.0. The monoisotopic (exact) mass is 431 g/mol. The third-order valence-electron chi connectivity index (χ3n) is 5.59. The number of hydroxylamine groups is 2. The van der Waals surface area contributed by atoms with Crippen LogP contribution in [0.2, 0.25) is 0 Å². The number of piperidine rings is 1. The van der Waals surface area contributed by atoms with Crippen molar-refractivity contribution < 1.29 is 31.6 Å². The van der Waals surface area contributed by atoms with Gasteiger partial charge in [0.15, 0.2) is 0 Å². The van der Waals surface area contributed by atoms with Crippen LogP contribution in [0.4, 0.5) is 4.79 Å². The molecule has 0 aromatic carbocycles. The Morgan fingerprint density at radius 3 is 2.41 bits per heavy atom. The van der Waals surface area contributed by atoms with Gasteiger partial charge in [0.05, 0.1) is 12.1 Å². The van der Waals surface area contributed by atoms with Crippen LogP contribution in [0.3, 0.4) is 0 Å². The van der Waals surface area contributed by atoms with Crippen molar-refractivity contribution in [3.63, 3.8) is 0 Å². The Labute approximate surface area is 168 Å². The van der Waals surface area contributed by atoms with Crippen LogP contribution < -0.4 is 10.6 Å². The highest BCUT2D eigenvalue weighted by atomic mass is 32.3. The quantitative estimate of drug-likeness (QED) is 0.265. The zero-order chi connectivity index (χ0) is 21.3. The van der Waals surface area contributed by atoms with Gasteiger partial charge in [-0.2, -0.15) is 13.5 Å². The van der Waals surface area contributed by atoms with E-state index in [9.17, 15) is 22.8 Å². The van der Waals surface area contributed by atoms with Crippen molar-refractivity contribution in [3.8, 4) is 0 Å². The van der Waals surface area contributed by atoms with Gasteiger partial charge in [-0.05, 0) is 38.5 Å². The van der Waals surface area contributed by atoms with Gasteiger partial charge in [0.25, 0.3) is 0 Å². The van der Waals surface area contributed by atoms with E-state index in [1.807, 2.05) is 0 Å². The standard InChI is InChI=1S/C16H25N5O7S/c1-9(22)18-11-4-2-10(3-5-11)15(23)19-14(17)13-7-6-12-8-20(13)16(24)21(12)28-29(25,26)27/h10-13H,2-8H2,1H3,(H,18,22)(H2,17,19,23)(H,25,26,27)/t10?,11?,12-,13-/m0/s1. The zero-order valence-corrected chi connectivity index (χ0v) is 16.8. The van der Waals surface area contributed by atoms with Gasteiger partial charge in [-0.15, -0.1) is 4.28 Å². The van der Waals surface area contributed by atoms with E-state index >= 15 is 0 Å². The van der Waals surface area contributed by atoms with Crippen LogP contribution in [-0.4, -0.2) is 71.3 Å². The Balaban J connectivity index is 1.54. The molecule has 0 unspecified atom stereocenters. The highest BCUT2D eigenvalue weighted by Gasteiger charge is 2.48. The Hall–Kier alpha value is -2.25. The summed E-state index contributed by atoms with van der Waals surface area (Å²) in [5.74, 6) is -0.793. The fraction of sp³-hybridized carbons (Fsp3) is 0.750. The van der Waals surface area contributed by atoms with Crippen molar-refractivity contribution in [3.05, 3.63) is 0 Å². The Morgan fingerprint density at radius 1 is 1.17 bits per heavy atom. The number of amidine groups is 1. The molecule has 2 bridgehead atoms. The molecule has 0 aromatic rings. The minimum Gasteiger partial charge on any atom is -0.354 e. The van der Waals surface area contributed by atoms with Crippen LogP contribution in [-0.2, 0) is 24.3 Å². The first-order chi connectivity index (χ1) is 13.5. The first-order valence-corrected chi connectivity index (χ1v) is 10.8. The lowest BCUT2D eigenvalue weighted by Gasteiger charge is -2.32. The van der Waals surface area contributed by atoms with Crippen LogP contribution in [0.15, 0.2) is 0 Å². The molecular formula is C16H25N5O7S. The molecule has 162 valence electrons. The van der Waals surface area contributed by atoms with Gasteiger partial charge in [-0.1, -0.05) is 0 Å². The lowest BCUT2D eigenvalue weighted by Crippen LogP contribution is -2.52. The summed E-state index contributed by atoms with van der Waals surface area (Å²) in [4.78, 5) is 37.3. The molecule has 0 spiro atoms. The van der Waals surface area contributed by atoms with Gasteiger partial charge in [-0.3, -0.25) is 19.6 Å². The van der Waals surface area contributed by atoms with E-state index in [4.69, 9.17) is 9.96 Å². The smallest absolute Gasteiger partial charge is 0.354 e. The lowest BCUT2D eigenvalue weighted by molar-refractivity contribution is -0.124. The number of carbonyl (C=O) groups is 3. The van der Waals surface area contributed by atoms with Crippen LogP contribution in [0, 0.1) is 11.3 Å². The number of hydrogen-bond donors (Lipinski definition) is 4. The first kappa shape index (κ1) is 21.5. The summed E-state index contributed by atoms with van der Waals surface area (Å²) in [6.07, 6.45) is 3.27. The molecular weight excluding hydrogens is 406 g/mol. The molecule has 2 saturated heterocycles. The average molecular weight is 431 g/mol. The summed E-state index contributed by atoms with van der Waals surface area (Å²) in [6, 6.07) is -1.96. The topological polar surface area (TPSA) is 169 Å². The molecule has 0 aromatic heterocycles. The molecule has 1 aliphatic carbocycles. The number of nitrogens with zero attached hydrogens (tertiary/aromatic N) is 2. The second-order valence-corrected chi connectivity index (χ2v) is 8.67. The summed E-state index contributed by atoms with van der Waals surface area (Å²) in [7, 11) is -4.83. The highest BCUT2D eigenvalue weighted by molar-refractivity contribution is 7.80. The Bertz CT molecular complexity index is 808. The number of rotatable bonds is 5. The predicted molar refractivity (Wildman–Crippen MR) is 98.8 cm³/mol. The Kier molecular flexibility index (Phi) is 6.10. The molecule has 29 heavy (non-hydrogen) atoms. The molecule has 3 rings (SSSR count). The summed E-state index contributed by atoms with van der Waals surface area (Å²) in [6.45, 7) is 1.59. The maximum atomic E-state index is 12.5. The molecule has 3 aliphatic rings. The van der Waals surface area contributed by atoms with Crippen molar-refractivity contribution in [1.82, 2.24) is 20.6 Å². The summed E-state index contributed by atoms with van der Waals surface area (Å²) in [5, 5.41) is 14.3. The van der Waals surface area contributed by atoms with Gasteiger partial charge >= 0.3 is 16.4 Å². The summed E-state index contributed by atoms with van der Waals surface area (Å²) >= 11 is 0. The van der Waals surface area contributed by atoms with E-state index in [0.717, 1.165) is 0 Å². The second kappa shape index (κ2) is 8.24. The van der Waals surface area contributed by atoms with E-state index in [1.54, 1.807) is 0 Å². The van der Waals surface area contributed by atoms with Crippen molar-refractivity contribution in [2.45, 2.75) is 63.6 Å². The van der Waals surface area contributed by atoms with Crippen molar-refractivity contribution in [2.24, 2.45) is 5.92 Å². The van der Waals surface area contributed by atoms with E-state index in [-0.39, 0.29) is 36.2 Å². The number of fused-ring (bicyclic) bond motifs is 2. The largest absolute Gasteiger partial charge is 0.418 e. The molecule has 2 aliphatic heterocycles. The van der Waals surface area contributed by atoms with Crippen LogP contribution in [0.1, 0.15) is 45.4 Å². The fourth-order valence-corrected chi connectivity index (χ4v) is 4.63. The van der Waals surface area contributed by atoms with Crippen LogP contribution in [0.25, 0.3) is 0 Å². The van der Waals surface area contributed by atoms with E-state index in [2.05, 4.69) is 14.9 Å². The lowest BCUT2D eigenvalue weighted by atomic mass is 9.85. The van der Waals surface area contributed by atoms with Gasteiger partial charge in [0.1, 0.15) is 5.84 Å². The van der Waals surface area contributed by atoms with Gasteiger partial charge in [0, 0.05) is 25.4 Å². The minimum atomic E-state index is -4.83. The molecule has 2 atom stereocenters. The van der Waals surface area contributed by atoms with E-state index < -0.39 is 28.5 Å². The Morgan fingerprint density at radius 2 is 1.83 bits per heavy atom. The maximum Gasteiger partial charge on any atom is 0.418 e. The number of urea groups is 1. The van der Waals surface area contributed by atoms with E-state index in [0.29, 0.717) is 43.6 Å². The summed E-state index contributed by atoms with van der Waals surface area (Å²) in [5.41, 5.74) is 0. The molecule has 13 heteroatoms. The maximum absolute atomic E-state index is 12.5. The fourth-order valence-electron chi connectivity index (χ4n) is 4.24.